The fraction of sp³-hybridized carbons (Fsp3) is 0.350. The molecule has 2 aliphatic heterocycles. The number of hydrogen-bond donors (Lipinski definition) is 0. The van der Waals surface area contributed by atoms with Crippen LogP contribution in [-0.2, 0) is 17.8 Å². The molecule has 0 unspecified atom stereocenters. The Morgan fingerprint density at radius 1 is 1.10 bits per heavy atom. The molecule has 1 saturated heterocycles. The van der Waals surface area contributed by atoms with Gasteiger partial charge >= 0.3 is 6.36 Å². The lowest BCUT2D eigenvalue weighted by atomic mass is 10.1. The molecule has 0 saturated carbocycles. The second kappa shape index (κ2) is 7.76. The number of carbonyl (C=O) groups is 1. The number of amides is 1. The highest BCUT2D eigenvalue weighted by molar-refractivity contribution is 6.34. The summed E-state index contributed by atoms with van der Waals surface area (Å²) in [5, 5.41) is 0.408. The molecule has 2 aromatic carbocycles. The summed E-state index contributed by atoms with van der Waals surface area (Å²) >= 11 is 6.41. The molecule has 1 fully saturated rings. The summed E-state index contributed by atoms with van der Waals surface area (Å²) in [6, 6.07) is 9.28. The van der Waals surface area contributed by atoms with Crippen molar-refractivity contribution in [3.05, 3.63) is 58.1 Å². The monoisotopic (exact) mass is 426 g/mol. The van der Waals surface area contributed by atoms with Gasteiger partial charge in [0, 0.05) is 31.9 Å². The molecule has 154 valence electrons. The van der Waals surface area contributed by atoms with E-state index in [2.05, 4.69) is 9.64 Å². The average Bonchev–Trinajstić information content (AvgIpc) is 2.99. The number of hydrogen-bond acceptors (Lipinski definition) is 4. The Balaban J connectivity index is 1.48. The number of carbonyl (C=O) groups excluding carboxylic acids is 1. The van der Waals surface area contributed by atoms with Gasteiger partial charge in [0.2, 0.25) is 0 Å². The summed E-state index contributed by atoms with van der Waals surface area (Å²) in [5.41, 5.74) is 2.99. The number of benzene rings is 2. The van der Waals surface area contributed by atoms with Crippen LogP contribution in [0.25, 0.3) is 0 Å². The maximum Gasteiger partial charge on any atom is 0.573 e. The molecule has 5 nitrogen and oxygen atoms in total. The SMILES string of the molecule is O=C1c2c(Cl)cc(N3CCOCC3)cc2CN1Cc1ccc(OC(F)(F)F)cc1. The molecule has 0 aromatic heterocycles. The summed E-state index contributed by atoms with van der Waals surface area (Å²) in [5.74, 6) is -0.482. The Hall–Kier alpha value is -2.45. The number of fused-ring (bicyclic) bond motifs is 1. The third-order valence-corrected chi connectivity index (χ3v) is 5.22. The van der Waals surface area contributed by atoms with Crippen LogP contribution in [0.1, 0.15) is 21.5 Å². The number of nitrogens with zero attached hydrogens (tertiary/aromatic N) is 2. The maximum atomic E-state index is 12.8. The van der Waals surface area contributed by atoms with E-state index >= 15 is 0 Å². The van der Waals surface area contributed by atoms with Crippen molar-refractivity contribution in [3.8, 4) is 5.75 Å². The zero-order valence-electron chi connectivity index (χ0n) is 15.3. The third kappa shape index (κ3) is 4.43. The molecule has 0 aliphatic carbocycles. The predicted octanol–water partition coefficient (Wildman–Crippen LogP) is 4.23. The Labute approximate surface area is 170 Å². The summed E-state index contributed by atoms with van der Waals surface area (Å²) in [6.07, 6.45) is -4.73. The summed E-state index contributed by atoms with van der Waals surface area (Å²) in [7, 11) is 0. The molecule has 2 heterocycles. The van der Waals surface area contributed by atoms with E-state index in [4.69, 9.17) is 16.3 Å². The van der Waals surface area contributed by atoms with Crippen molar-refractivity contribution < 1.29 is 27.4 Å². The van der Waals surface area contributed by atoms with Gasteiger partial charge in [0.25, 0.3) is 5.91 Å². The van der Waals surface area contributed by atoms with Gasteiger partial charge in [-0.1, -0.05) is 23.7 Å². The molecule has 9 heteroatoms. The lowest BCUT2D eigenvalue weighted by Crippen LogP contribution is -2.36. The molecular formula is C20H18ClF3N2O3. The molecular weight excluding hydrogens is 409 g/mol. The van der Waals surface area contributed by atoms with E-state index in [0.717, 1.165) is 24.3 Å². The number of morpholine rings is 1. The van der Waals surface area contributed by atoms with Crippen molar-refractivity contribution in [3.63, 3.8) is 0 Å². The van der Waals surface area contributed by atoms with Crippen LogP contribution in [0.2, 0.25) is 5.02 Å². The first-order chi connectivity index (χ1) is 13.8. The number of ether oxygens (including phenoxy) is 2. The lowest BCUT2D eigenvalue weighted by molar-refractivity contribution is -0.274. The minimum absolute atomic E-state index is 0.186. The molecule has 0 atom stereocenters. The van der Waals surface area contributed by atoms with Crippen LogP contribution in [0, 0.1) is 0 Å². The highest BCUT2D eigenvalue weighted by Gasteiger charge is 2.32. The van der Waals surface area contributed by atoms with Gasteiger partial charge in [0.05, 0.1) is 23.8 Å². The van der Waals surface area contributed by atoms with E-state index < -0.39 is 6.36 Å². The van der Waals surface area contributed by atoms with E-state index in [1.54, 1.807) is 11.0 Å². The minimum Gasteiger partial charge on any atom is -0.406 e. The molecule has 2 aliphatic rings. The topological polar surface area (TPSA) is 42.0 Å². The van der Waals surface area contributed by atoms with E-state index in [0.29, 0.717) is 35.9 Å². The fourth-order valence-electron chi connectivity index (χ4n) is 3.60. The largest absolute Gasteiger partial charge is 0.573 e. The maximum absolute atomic E-state index is 12.8. The van der Waals surface area contributed by atoms with Crippen LogP contribution in [0.15, 0.2) is 36.4 Å². The van der Waals surface area contributed by atoms with E-state index in [-0.39, 0.29) is 18.2 Å². The molecule has 0 radical (unpaired) electrons. The first-order valence-electron chi connectivity index (χ1n) is 9.09. The first-order valence-corrected chi connectivity index (χ1v) is 9.47. The highest BCUT2D eigenvalue weighted by atomic mass is 35.5. The van der Waals surface area contributed by atoms with Gasteiger partial charge in [-0.25, -0.2) is 0 Å². The van der Waals surface area contributed by atoms with Crippen LogP contribution in [0.4, 0.5) is 18.9 Å². The standard InChI is InChI=1S/C20H18ClF3N2O3/c21-17-10-15(25-5-7-28-8-6-25)9-14-12-26(19(27)18(14)17)11-13-1-3-16(4-2-13)29-20(22,23)24/h1-4,9-10H,5-8,11-12H2. The molecule has 1 amide bonds. The zero-order valence-corrected chi connectivity index (χ0v) is 16.1. The quantitative estimate of drug-likeness (QED) is 0.733. The predicted molar refractivity (Wildman–Crippen MR) is 101 cm³/mol. The molecule has 29 heavy (non-hydrogen) atoms. The summed E-state index contributed by atoms with van der Waals surface area (Å²) in [6.45, 7) is 3.48. The number of anilines is 1. The van der Waals surface area contributed by atoms with E-state index in [1.807, 2.05) is 6.07 Å². The summed E-state index contributed by atoms with van der Waals surface area (Å²) < 4.78 is 46.1. The normalized spacial score (nSPS) is 16.9. The van der Waals surface area contributed by atoms with Crippen LogP contribution in [0.5, 0.6) is 5.75 Å². The van der Waals surface area contributed by atoms with E-state index in [9.17, 15) is 18.0 Å². The van der Waals surface area contributed by atoms with Gasteiger partial charge < -0.3 is 19.3 Å². The van der Waals surface area contributed by atoms with Crippen LogP contribution in [-0.4, -0.2) is 43.5 Å². The van der Waals surface area contributed by atoms with Gasteiger partial charge in [-0.05, 0) is 35.4 Å². The third-order valence-electron chi connectivity index (χ3n) is 4.93. The van der Waals surface area contributed by atoms with Crippen LogP contribution in [0.3, 0.4) is 0 Å². The van der Waals surface area contributed by atoms with Crippen molar-refractivity contribution in [2.24, 2.45) is 0 Å². The first kappa shape index (κ1) is 19.8. The molecule has 0 spiro atoms. The Morgan fingerprint density at radius 3 is 2.45 bits per heavy atom. The van der Waals surface area contributed by atoms with Crippen molar-refractivity contribution in [1.29, 1.82) is 0 Å². The Kier molecular flexibility index (Phi) is 5.31. The molecule has 4 rings (SSSR count). The highest BCUT2D eigenvalue weighted by Crippen LogP contribution is 2.35. The Bertz CT molecular complexity index is 912. The average molecular weight is 427 g/mol. The van der Waals surface area contributed by atoms with Gasteiger partial charge in [-0.2, -0.15) is 0 Å². The van der Waals surface area contributed by atoms with Gasteiger partial charge in [-0.15, -0.1) is 13.2 Å². The van der Waals surface area contributed by atoms with Crippen molar-refractivity contribution >= 4 is 23.2 Å². The van der Waals surface area contributed by atoms with Gasteiger partial charge in [-0.3, -0.25) is 4.79 Å². The second-order valence-electron chi connectivity index (χ2n) is 6.91. The van der Waals surface area contributed by atoms with Crippen molar-refractivity contribution in [1.82, 2.24) is 4.90 Å². The van der Waals surface area contributed by atoms with E-state index in [1.165, 1.54) is 24.3 Å². The Morgan fingerprint density at radius 2 is 1.79 bits per heavy atom. The van der Waals surface area contributed by atoms with Crippen molar-refractivity contribution in [2.75, 3.05) is 31.2 Å². The number of alkyl halides is 3. The molecule has 2 aromatic rings. The second-order valence-corrected chi connectivity index (χ2v) is 7.32. The smallest absolute Gasteiger partial charge is 0.406 e. The van der Waals surface area contributed by atoms with Gasteiger partial charge in [0.15, 0.2) is 0 Å². The molecule has 0 N–H and O–H groups in total. The molecule has 0 bridgehead atoms. The van der Waals surface area contributed by atoms with Gasteiger partial charge in [0.1, 0.15) is 5.75 Å². The lowest BCUT2D eigenvalue weighted by Gasteiger charge is -2.29. The van der Waals surface area contributed by atoms with Crippen LogP contribution >= 0.6 is 11.6 Å². The van der Waals surface area contributed by atoms with Crippen LogP contribution < -0.4 is 9.64 Å². The fourth-order valence-corrected chi connectivity index (χ4v) is 3.91. The minimum atomic E-state index is -4.73. The number of rotatable bonds is 4. The zero-order chi connectivity index (χ0) is 20.6. The number of halogens is 4. The van der Waals surface area contributed by atoms with Crippen molar-refractivity contribution in [2.45, 2.75) is 19.5 Å². The summed E-state index contributed by atoms with van der Waals surface area (Å²) in [4.78, 5) is 16.6.